The van der Waals surface area contributed by atoms with E-state index in [-0.39, 0.29) is 11.6 Å². The first-order chi connectivity index (χ1) is 12.0. The number of benzene rings is 2. The molecule has 3 rings (SSSR count). The molecule has 0 unspecified atom stereocenters. The number of hydrogen-bond acceptors (Lipinski definition) is 4. The molecule has 128 valence electrons. The van der Waals surface area contributed by atoms with E-state index in [2.05, 4.69) is 10.2 Å². The molecule has 6 nitrogen and oxygen atoms in total. The molecule has 1 aromatic heterocycles. The number of azo groups is 1. The van der Waals surface area contributed by atoms with Crippen LogP contribution in [0.25, 0.3) is 10.9 Å². The van der Waals surface area contributed by atoms with Crippen molar-refractivity contribution in [3.63, 3.8) is 0 Å². The number of fused-ring (bicyclic) bond motifs is 1. The number of carbonyl (C=O) groups is 1. The zero-order valence-electron chi connectivity index (χ0n) is 14.1. The zero-order valence-corrected chi connectivity index (χ0v) is 14.1. The minimum Gasteiger partial charge on any atom is -0.508 e. The second kappa shape index (κ2) is 6.76. The summed E-state index contributed by atoms with van der Waals surface area (Å²) >= 11 is 0. The molecule has 0 radical (unpaired) electrons. The Kier molecular flexibility index (Phi) is 4.52. The first kappa shape index (κ1) is 16.7. The lowest BCUT2D eigenvalue weighted by Gasteiger charge is -2.04. The number of rotatable bonds is 4. The highest BCUT2D eigenvalue weighted by Gasteiger charge is 2.17. The Morgan fingerprint density at radius 3 is 2.52 bits per heavy atom. The average Bonchev–Trinajstić information content (AvgIpc) is 2.85. The van der Waals surface area contributed by atoms with E-state index in [1.807, 2.05) is 32.0 Å². The summed E-state index contributed by atoms with van der Waals surface area (Å²) in [7, 11) is 0. The van der Waals surface area contributed by atoms with Crippen LogP contribution in [0.1, 0.15) is 29.3 Å². The lowest BCUT2D eigenvalue weighted by atomic mass is 10.1. The molecule has 0 aliphatic rings. The Bertz CT molecular complexity index is 956. The van der Waals surface area contributed by atoms with Gasteiger partial charge in [-0.15, -0.1) is 10.2 Å². The second-order valence-electron chi connectivity index (χ2n) is 5.90. The summed E-state index contributed by atoms with van der Waals surface area (Å²) in [5.74, 6) is -0.461. The minimum atomic E-state index is -0.538. The molecule has 0 saturated carbocycles. The highest BCUT2D eigenvalue weighted by Crippen LogP contribution is 2.39. The molecular weight excluding hydrogens is 318 g/mol. The van der Waals surface area contributed by atoms with Gasteiger partial charge in [0.15, 0.2) is 5.69 Å². The number of phenols is 1. The number of nitrogens with zero attached hydrogens (tertiary/aromatic N) is 3. The monoisotopic (exact) mass is 337 g/mol. The van der Waals surface area contributed by atoms with Crippen LogP contribution in [0.4, 0.5) is 5.69 Å². The van der Waals surface area contributed by atoms with Crippen molar-refractivity contribution in [2.45, 2.75) is 26.8 Å². The standard InChI is InChI=1S/C19H19N3O3/c1-3-10-22-16-9-4-12(2)11-15(16)17(19(22)25)20-21-18(24)13-5-7-14(23)8-6-13/h4-9,11,23,25H,3,10H2,1-2H3. The van der Waals surface area contributed by atoms with Crippen molar-refractivity contribution in [2.75, 3.05) is 0 Å². The van der Waals surface area contributed by atoms with Crippen molar-refractivity contribution in [2.24, 2.45) is 10.2 Å². The van der Waals surface area contributed by atoms with Gasteiger partial charge in [-0.1, -0.05) is 18.6 Å². The number of phenolic OH excluding ortho intramolecular Hbond substituents is 1. The molecule has 25 heavy (non-hydrogen) atoms. The Balaban J connectivity index is 2.03. The Labute approximate surface area is 145 Å². The van der Waals surface area contributed by atoms with E-state index in [0.717, 1.165) is 22.9 Å². The summed E-state index contributed by atoms with van der Waals surface area (Å²) in [6, 6.07) is 11.6. The third kappa shape index (κ3) is 3.24. The van der Waals surface area contributed by atoms with Gasteiger partial charge in [0, 0.05) is 17.5 Å². The second-order valence-corrected chi connectivity index (χ2v) is 5.90. The molecule has 6 heteroatoms. The molecule has 0 aliphatic heterocycles. The van der Waals surface area contributed by atoms with Gasteiger partial charge >= 0.3 is 0 Å². The third-order valence-electron chi connectivity index (χ3n) is 3.97. The van der Waals surface area contributed by atoms with Crippen molar-refractivity contribution in [3.8, 4) is 11.6 Å². The maximum Gasteiger partial charge on any atom is 0.295 e. The van der Waals surface area contributed by atoms with Gasteiger partial charge < -0.3 is 14.8 Å². The fourth-order valence-electron chi connectivity index (χ4n) is 2.74. The quantitative estimate of drug-likeness (QED) is 0.677. The number of hydrogen-bond donors (Lipinski definition) is 2. The molecule has 0 spiro atoms. The molecule has 0 atom stereocenters. The van der Waals surface area contributed by atoms with E-state index in [9.17, 15) is 15.0 Å². The van der Waals surface area contributed by atoms with Gasteiger partial charge in [0.1, 0.15) is 5.75 Å². The summed E-state index contributed by atoms with van der Waals surface area (Å²) in [4.78, 5) is 12.1. The van der Waals surface area contributed by atoms with Crippen LogP contribution < -0.4 is 0 Å². The lowest BCUT2D eigenvalue weighted by molar-refractivity contribution is 0.0995. The first-order valence-corrected chi connectivity index (χ1v) is 8.08. The minimum absolute atomic E-state index is 0.00436. The van der Waals surface area contributed by atoms with Crippen molar-refractivity contribution in [1.29, 1.82) is 0 Å². The number of aromatic hydroxyl groups is 2. The van der Waals surface area contributed by atoms with Gasteiger partial charge in [0.2, 0.25) is 5.88 Å². The van der Waals surface area contributed by atoms with Gasteiger partial charge in [0.05, 0.1) is 5.52 Å². The van der Waals surface area contributed by atoms with Crippen molar-refractivity contribution in [1.82, 2.24) is 4.57 Å². The van der Waals surface area contributed by atoms with Crippen LogP contribution in [-0.4, -0.2) is 20.7 Å². The van der Waals surface area contributed by atoms with Crippen LogP contribution in [0.5, 0.6) is 11.6 Å². The number of carbonyl (C=O) groups excluding carboxylic acids is 1. The number of aromatic nitrogens is 1. The normalized spacial score (nSPS) is 11.4. The molecule has 0 aliphatic carbocycles. The number of aryl methyl sites for hydroxylation is 2. The predicted molar refractivity (Wildman–Crippen MR) is 95.6 cm³/mol. The van der Waals surface area contributed by atoms with Gasteiger partial charge in [0.25, 0.3) is 5.91 Å². The zero-order chi connectivity index (χ0) is 18.0. The fourth-order valence-corrected chi connectivity index (χ4v) is 2.74. The topological polar surface area (TPSA) is 87.2 Å². The van der Waals surface area contributed by atoms with E-state index < -0.39 is 5.91 Å². The van der Waals surface area contributed by atoms with Crippen molar-refractivity contribution in [3.05, 3.63) is 53.6 Å². The molecule has 2 N–H and O–H groups in total. The number of amides is 1. The molecule has 1 amide bonds. The van der Waals surface area contributed by atoms with E-state index in [1.165, 1.54) is 24.3 Å². The van der Waals surface area contributed by atoms with E-state index in [4.69, 9.17) is 0 Å². The molecule has 1 heterocycles. The first-order valence-electron chi connectivity index (χ1n) is 8.08. The third-order valence-corrected chi connectivity index (χ3v) is 3.97. The molecule has 0 bridgehead atoms. The van der Waals surface area contributed by atoms with Crippen molar-refractivity contribution < 1.29 is 15.0 Å². The summed E-state index contributed by atoms with van der Waals surface area (Å²) in [5, 5.41) is 28.3. The predicted octanol–water partition coefficient (Wildman–Crippen LogP) is 4.70. The van der Waals surface area contributed by atoms with E-state index in [1.54, 1.807) is 4.57 Å². The molecule has 2 aromatic carbocycles. The van der Waals surface area contributed by atoms with Gasteiger partial charge in [-0.3, -0.25) is 4.79 Å². The Morgan fingerprint density at radius 2 is 1.84 bits per heavy atom. The van der Waals surface area contributed by atoms with Gasteiger partial charge in [-0.25, -0.2) is 0 Å². The highest BCUT2D eigenvalue weighted by atomic mass is 16.3. The summed E-state index contributed by atoms with van der Waals surface area (Å²) in [5.41, 5.74) is 2.49. The molecular formula is C19H19N3O3. The van der Waals surface area contributed by atoms with Crippen LogP contribution >= 0.6 is 0 Å². The SMILES string of the molecule is CCCn1c(O)c(N=NC(=O)c2ccc(O)cc2)c2cc(C)ccc21. The maximum atomic E-state index is 12.1. The molecule has 0 saturated heterocycles. The molecule has 3 aromatic rings. The summed E-state index contributed by atoms with van der Waals surface area (Å²) < 4.78 is 1.77. The van der Waals surface area contributed by atoms with Crippen LogP contribution in [0, 0.1) is 6.92 Å². The van der Waals surface area contributed by atoms with Gasteiger partial charge in [-0.2, -0.15) is 0 Å². The summed E-state index contributed by atoms with van der Waals surface area (Å²) in [6.45, 7) is 4.62. The van der Waals surface area contributed by atoms with Crippen molar-refractivity contribution >= 4 is 22.5 Å². The van der Waals surface area contributed by atoms with E-state index >= 15 is 0 Å². The smallest absolute Gasteiger partial charge is 0.295 e. The Hall–Kier alpha value is -3.15. The highest BCUT2D eigenvalue weighted by molar-refractivity contribution is 5.97. The van der Waals surface area contributed by atoms with Crippen LogP contribution in [0.2, 0.25) is 0 Å². The van der Waals surface area contributed by atoms with Crippen LogP contribution in [0.3, 0.4) is 0 Å². The largest absolute Gasteiger partial charge is 0.508 e. The maximum absolute atomic E-state index is 12.1. The fraction of sp³-hybridized carbons (Fsp3) is 0.211. The summed E-state index contributed by atoms with van der Waals surface area (Å²) in [6.07, 6.45) is 0.855. The molecule has 0 fully saturated rings. The average molecular weight is 337 g/mol. The van der Waals surface area contributed by atoms with Crippen LogP contribution in [-0.2, 0) is 6.54 Å². The Morgan fingerprint density at radius 1 is 1.12 bits per heavy atom. The van der Waals surface area contributed by atoms with Gasteiger partial charge in [-0.05, 0) is 49.7 Å². The van der Waals surface area contributed by atoms with Crippen LogP contribution in [0.15, 0.2) is 52.7 Å². The van der Waals surface area contributed by atoms with E-state index in [0.29, 0.717) is 17.8 Å². The lowest BCUT2D eigenvalue weighted by Crippen LogP contribution is -1.95.